The third-order valence-electron chi connectivity index (χ3n) is 3.94. The Morgan fingerprint density at radius 3 is 2.35 bits per heavy atom. The number of hydrogen-bond donors (Lipinski definition) is 1. The molecule has 92 valence electrons. The lowest BCUT2D eigenvalue weighted by atomic mass is 9.78. The summed E-state index contributed by atoms with van der Waals surface area (Å²) in [5, 5.41) is 10.5. The van der Waals surface area contributed by atoms with Gasteiger partial charge in [0, 0.05) is 5.92 Å². The number of hydrogen-bond acceptors (Lipinski definition) is 1. The van der Waals surface area contributed by atoms with E-state index in [0.29, 0.717) is 5.92 Å². The van der Waals surface area contributed by atoms with Gasteiger partial charge in [-0.3, -0.25) is 0 Å². The zero-order valence-electron chi connectivity index (χ0n) is 10.4. The molecule has 1 aliphatic carbocycles. The van der Waals surface area contributed by atoms with E-state index in [1.807, 2.05) is 24.3 Å². The van der Waals surface area contributed by atoms with Gasteiger partial charge in [-0.15, -0.1) is 6.58 Å². The van der Waals surface area contributed by atoms with Crippen LogP contribution in [0.1, 0.15) is 43.6 Å². The lowest BCUT2D eigenvalue weighted by Crippen LogP contribution is -2.28. The minimum atomic E-state index is -0.268. The lowest BCUT2D eigenvalue weighted by Gasteiger charge is -2.31. The summed E-state index contributed by atoms with van der Waals surface area (Å²) in [6, 6.07) is 10.2. The maximum absolute atomic E-state index is 10.5. The highest BCUT2D eigenvalue weighted by Gasteiger charge is 2.27. The van der Waals surface area contributed by atoms with E-state index in [9.17, 15) is 5.11 Å². The molecule has 0 amide bonds. The van der Waals surface area contributed by atoms with E-state index in [1.54, 1.807) is 0 Å². The Balaban J connectivity index is 2.09. The van der Waals surface area contributed by atoms with Gasteiger partial charge in [0.2, 0.25) is 0 Å². The van der Waals surface area contributed by atoms with Crippen molar-refractivity contribution in [3.63, 3.8) is 0 Å². The van der Waals surface area contributed by atoms with Crippen LogP contribution in [0.25, 0.3) is 0 Å². The van der Waals surface area contributed by atoms with Gasteiger partial charge >= 0.3 is 0 Å². The average Bonchev–Trinajstić information content (AvgIpc) is 2.42. The van der Waals surface area contributed by atoms with Crippen LogP contribution in [-0.2, 0) is 0 Å². The molecule has 1 saturated carbocycles. The lowest BCUT2D eigenvalue weighted by molar-refractivity contribution is 0.0726. The molecule has 1 fully saturated rings. The van der Waals surface area contributed by atoms with Gasteiger partial charge in [0.25, 0.3) is 0 Å². The molecule has 0 radical (unpaired) electrons. The Bertz CT molecular complexity index is 338. The van der Waals surface area contributed by atoms with Crippen molar-refractivity contribution in [3.8, 4) is 0 Å². The van der Waals surface area contributed by atoms with Gasteiger partial charge in [-0.2, -0.15) is 0 Å². The van der Waals surface area contributed by atoms with E-state index in [0.717, 1.165) is 0 Å². The van der Waals surface area contributed by atoms with Crippen molar-refractivity contribution in [2.75, 3.05) is 0 Å². The molecule has 0 saturated heterocycles. The van der Waals surface area contributed by atoms with Gasteiger partial charge < -0.3 is 5.11 Å². The molecule has 2 rings (SSSR count). The first kappa shape index (κ1) is 12.4. The second-order valence-corrected chi connectivity index (χ2v) is 5.06. The standard InChI is InChI=1S/C16H22O/c1-2-15(13-9-5-3-6-10-13)16(17)14-11-7-4-8-12-14/h2-3,5-6,9-10,14-17H,1,4,7-8,11-12H2/t15-,16-/m0/s1. The van der Waals surface area contributed by atoms with Crippen LogP contribution in [0.4, 0.5) is 0 Å². The Kier molecular flexibility index (Phi) is 4.38. The van der Waals surface area contributed by atoms with Crippen molar-refractivity contribution in [1.82, 2.24) is 0 Å². The van der Waals surface area contributed by atoms with Crippen molar-refractivity contribution in [1.29, 1.82) is 0 Å². The smallest absolute Gasteiger partial charge is 0.0671 e. The second-order valence-electron chi connectivity index (χ2n) is 5.06. The summed E-state index contributed by atoms with van der Waals surface area (Å²) in [5.74, 6) is 0.534. The fraction of sp³-hybridized carbons (Fsp3) is 0.500. The minimum absolute atomic E-state index is 0.0827. The summed E-state index contributed by atoms with van der Waals surface area (Å²) < 4.78 is 0. The summed E-state index contributed by atoms with van der Waals surface area (Å²) in [5.41, 5.74) is 1.18. The average molecular weight is 230 g/mol. The first-order chi connectivity index (χ1) is 8.33. The third-order valence-corrected chi connectivity index (χ3v) is 3.94. The molecular weight excluding hydrogens is 208 g/mol. The third kappa shape index (κ3) is 2.98. The monoisotopic (exact) mass is 230 g/mol. The highest BCUT2D eigenvalue weighted by molar-refractivity contribution is 5.24. The normalized spacial score (nSPS) is 20.8. The molecule has 0 aromatic heterocycles. The van der Waals surface area contributed by atoms with Gasteiger partial charge in [0.15, 0.2) is 0 Å². The molecule has 0 unspecified atom stereocenters. The second kappa shape index (κ2) is 6.02. The van der Waals surface area contributed by atoms with E-state index in [1.165, 1.54) is 37.7 Å². The number of aliphatic hydroxyl groups excluding tert-OH is 1. The highest BCUT2D eigenvalue weighted by atomic mass is 16.3. The molecule has 1 aliphatic rings. The maximum Gasteiger partial charge on any atom is 0.0671 e. The quantitative estimate of drug-likeness (QED) is 0.778. The SMILES string of the molecule is C=C[C@@H](c1ccccc1)[C@@H](O)C1CCCCC1. The van der Waals surface area contributed by atoms with Crippen LogP contribution in [0.2, 0.25) is 0 Å². The first-order valence-electron chi connectivity index (χ1n) is 6.68. The molecule has 0 bridgehead atoms. The van der Waals surface area contributed by atoms with Gasteiger partial charge in [-0.05, 0) is 24.3 Å². The van der Waals surface area contributed by atoms with Crippen molar-refractivity contribution in [3.05, 3.63) is 48.6 Å². The largest absolute Gasteiger partial charge is 0.392 e. The molecule has 1 N–H and O–H groups in total. The zero-order valence-corrected chi connectivity index (χ0v) is 10.4. The predicted molar refractivity (Wildman–Crippen MR) is 72.0 cm³/mol. The van der Waals surface area contributed by atoms with Crippen LogP contribution in [-0.4, -0.2) is 11.2 Å². The molecule has 0 aliphatic heterocycles. The Hall–Kier alpha value is -1.08. The Labute approximate surface area is 104 Å². The van der Waals surface area contributed by atoms with E-state index in [4.69, 9.17) is 0 Å². The molecule has 0 spiro atoms. The van der Waals surface area contributed by atoms with E-state index >= 15 is 0 Å². The molecule has 17 heavy (non-hydrogen) atoms. The molecule has 2 atom stereocenters. The number of rotatable bonds is 4. The molecule has 1 nitrogen and oxygen atoms in total. The predicted octanol–water partition coefficient (Wildman–Crippen LogP) is 3.90. The first-order valence-corrected chi connectivity index (χ1v) is 6.68. The summed E-state index contributed by atoms with van der Waals surface area (Å²) in [6.07, 6.45) is 7.81. The minimum Gasteiger partial charge on any atom is -0.392 e. The Morgan fingerprint density at radius 1 is 1.12 bits per heavy atom. The van der Waals surface area contributed by atoms with Crippen molar-refractivity contribution < 1.29 is 5.11 Å². The van der Waals surface area contributed by atoms with Crippen molar-refractivity contribution >= 4 is 0 Å². The molecule has 0 heterocycles. The number of aliphatic hydroxyl groups is 1. The van der Waals surface area contributed by atoms with Crippen LogP contribution in [0, 0.1) is 5.92 Å². The Morgan fingerprint density at radius 2 is 1.76 bits per heavy atom. The summed E-state index contributed by atoms with van der Waals surface area (Å²) in [4.78, 5) is 0. The van der Waals surface area contributed by atoms with Gasteiger partial charge in [0.05, 0.1) is 6.10 Å². The van der Waals surface area contributed by atoms with Crippen molar-refractivity contribution in [2.45, 2.75) is 44.1 Å². The van der Waals surface area contributed by atoms with Gasteiger partial charge in [-0.1, -0.05) is 55.7 Å². The molecule has 1 heteroatoms. The summed E-state index contributed by atoms with van der Waals surface area (Å²) in [6.45, 7) is 3.89. The van der Waals surface area contributed by atoms with Crippen molar-refractivity contribution in [2.24, 2.45) is 5.92 Å². The van der Waals surface area contributed by atoms with Gasteiger partial charge in [0.1, 0.15) is 0 Å². The van der Waals surface area contributed by atoms with Crippen LogP contribution >= 0.6 is 0 Å². The number of benzene rings is 1. The maximum atomic E-state index is 10.5. The fourth-order valence-corrected chi connectivity index (χ4v) is 2.92. The topological polar surface area (TPSA) is 20.2 Å². The van der Waals surface area contributed by atoms with E-state index in [-0.39, 0.29) is 12.0 Å². The van der Waals surface area contributed by atoms with E-state index < -0.39 is 0 Å². The highest BCUT2D eigenvalue weighted by Crippen LogP contribution is 2.33. The molecular formula is C16H22O. The fourth-order valence-electron chi connectivity index (χ4n) is 2.92. The van der Waals surface area contributed by atoms with Gasteiger partial charge in [-0.25, -0.2) is 0 Å². The molecule has 1 aromatic carbocycles. The van der Waals surface area contributed by atoms with E-state index in [2.05, 4.69) is 18.7 Å². The van der Waals surface area contributed by atoms with Crippen LogP contribution in [0.3, 0.4) is 0 Å². The molecule has 1 aromatic rings. The van der Waals surface area contributed by atoms with Crippen LogP contribution in [0.5, 0.6) is 0 Å². The zero-order chi connectivity index (χ0) is 12.1. The summed E-state index contributed by atoms with van der Waals surface area (Å²) >= 11 is 0. The van der Waals surface area contributed by atoms with Crippen LogP contribution in [0.15, 0.2) is 43.0 Å². The summed E-state index contributed by atoms with van der Waals surface area (Å²) in [7, 11) is 0. The van der Waals surface area contributed by atoms with Crippen LogP contribution < -0.4 is 0 Å².